The van der Waals surface area contributed by atoms with Crippen molar-refractivity contribution in [2.75, 3.05) is 13.2 Å². The first kappa shape index (κ1) is 62.9. The van der Waals surface area contributed by atoms with Crippen LogP contribution in [0.1, 0.15) is 316 Å². The summed E-state index contributed by atoms with van der Waals surface area (Å²) < 4.78 is 16.9. The molecule has 65 heavy (non-hydrogen) atoms. The van der Waals surface area contributed by atoms with E-state index in [1.807, 2.05) is 0 Å². The van der Waals surface area contributed by atoms with E-state index in [-0.39, 0.29) is 31.1 Å². The number of esters is 3. The fourth-order valence-electron chi connectivity index (χ4n) is 8.59. The Morgan fingerprint density at radius 2 is 0.554 bits per heavy atom. The van der Waals surface area contributed by atoms with E-state index in [1.165, 1.54) is 199 Å². The average Bonchev–Trinajstić information content (AvgIpc) is 3.30. The number of hydrogen-bond donors (Lipinski definition) is 0. The molecular weight excluding hydrogens is 805 g/mol. The van der Waals surface area contributed by atoms with Gasteiger partial charge in [-0.05, 0) is 51.4 Å². The first-order valence-electron chi connectivity index (χ1n) is 28.8. The highest BCUT2D eigenvalue weighted by atomic mass is 16.6. The molecule has 0 radical (unpaired) electrons. The standard InChI is InChI=1S/C59H110O6/c1-4-7-10-13-16-19-22-25-27-28-29-30-32-34-37-40-43-46-49-52-58(61)64-55-56(54-63-57(60)51-48-45-42-39-36-33-24-21-18-15-12-9-6-3)65-59(62)53-50-47-44-41-38-35-31-26-23-20-17-14-11-8-5-2/h17,20,26,31,56H,4-16,18-19,21-25,27-30,32-55H2,1-3H3/b20-17+,31-26+/t56-/m1/s1. The highest BCUT2D eigenvalue weighted by Crippen LogP contribution is 2.17. The molecule has 0 aromatic carbocycles. The number of ether oxygens (including phenoxy) is 3. The fraction of sp³-hybridized carbons (Fsp3) is 0.881. The summed E-state index contributed by atoms with van der Waals surface area (Å²) in [5.41, 5.74) is 0. The molecule has 0 saturated heterocycles. The van der Waals surface area contributed by atoms with E-state index >= 15 is 0 Å². The van der Waals surface area contributed by atoms with Gasteiger partial charge in [0, 0.05) is 19.3 Å². The number of unbranched alkanes of at least 4 members (excludes halogenated alkanes) is 38. The van der Waals surface area contributed by atoms with E-state index in [0.29, 0.717) is 19.3 Å². The lowest BCUT2D eigenvalue weighted by molar-refractivity contribution is -0.167. The van der Waals surface area contributed by atoms with Gasteiger partial charge in [-0.15, -0.1) is 0 Å². The third-order valence-electron chi connectivity index (χ3n) is 13.0. The molecular formula is C59H110O6. The predicted molar refractivity (Wildman–Crippen MR) is 279 cm³/mol. The van der Waals surface area contributed by atoms with Crippen molar-refractivity contribution in [3.8, 4) is 0 Å². The topological polar surface area (TPSA) is 78.9 Å². The summed E-state index contributed by atoms with van der Waals surface area (Å²) in [5.74, 6) is -0.864. The van der Waals surface area contributed by atoms with E-state index in [1.54, 1.807) is 0 Å². The summed E-state index contributed by atoms with van der Waals surface area (Å²) in [6.45, 7) is 6.65. The Hall–Kier alpha value is -2.11. The van der Waals surface area contributed by atoms with E-state index in [0.717, 1.165) is 77.0 Å². The molecule has 1 atom stereocenters. The Morgan fingerprint density at radius 1 is 0.308 bits per heavy atom. The summed E-state index contributed by atoms with van der Waals surface area (Å²) in [6, 6.07) is 0. The van der Waals surface area contributed by atoms with Crippen molar-refractivity contribution in [1.82, 2.24) is 0 Å². The normalized spacial score (nSPS) is 12.1. The monoisotopic (exact) mass is 915 g/mol. The summed E-state index contributed by atoms with van der Waals surface area (Å²) in [5, 5.41) is 0. The van der Waals surface area contributed by atoms with Crippen molar-refractivity contribution < 1.29 is 28.6 Å². The Morgan fingerprint density at radius 3 is 0.877 bits per heavy atom. The second-order valence-corrected chi connectivity index (χ2v) is 19.6. The molecule has 0 heterocycles. The lowest BCUT2D eigenvalue weighted by Gasteiger charge is -2.18. The largest absolute Gasteiger partial charge is 0.462 e. The molecule has 0 spiro atoms. The second kappa shape index (κ2) is 54.5. The van der Waals surface area contributed by atoms with Gasteiger partial charge in [-0.2, -0.15) is 0 Å². The summed E-state index contributed by atoms with van der Waals surface area (Å²) in [7, 11) is 0. The number of rotatable bonds is 53. The maximum absolute atomic E-state index is 12.8. The molecule has 0 aromatic heterocycles. The van der Waals surface area contributed by atoms with Gasteiger partial charge in [-0.1, -0.05) is 270 Å². The number of allylic oxidation sites excluding steroid dienone is 4. The van der Waals surface area contributed by atoms with Crippen molar-refractivity contribution in [3.63, 3.8) is 0 Å². The maximum Gasteiger partial charge on any atom is 0.306 e. The van der Waals surface area contributed by atoms with Crippen LogP contribution < -0.4 is 0 Å². The van der Waals surface area contributed by atoms with E-state index in [2.05, 4.69) is 45.1 Å². The van der Waals surface area contributed by atoms with E-state index in [9.17, 15) is 14.4 Å². The van der Waals surface area contributed by atoms with Crippen molar-refractivity contribution in [3.05, 3.63) is 24.3 Å². The first-order chi connectivity index (χ1) is 32.0. The Bertz CT molecular complexity index is 1050. The van der Waals surface area contributed by atoms with E-state index < -0.39 is 6.10 Å². The van der Waals surface area contributed by atoms with Gasteiger partial charge in [0.15, 0.2) is 6.10 Å². The third kappa shape index (κ3) is 52.7. The Balaban J connectivity index is 4.31. The number of carbonyl (C=O) groups is 3. The molecule has 382 valence electrons. The van der Waals surface area contributed by atoms with Gasteiger partial charge >= 0.3 is 17.9 Å². The molecule has 0 aromatic rings. The van der Waals surface area contributed by atoms with Crippen LogP contribution in [0.15, 0.2) is 24.3 Å². The molecule has 0 amide bonds. The van der Waals surface area contributed by atoms with Gasteiger partial charge < -0.3 is 14.2 Å². The molecule has 6 heteroatoms. The second-order valence-electron chi connectivity index (χ2n) is 19.6. The zero-order valence-corrected chi connectivity index (χ0v) is 43.8. The molecule has 0 rings (SSSR count). The van der Waals surface area contributed by atoms with Crippen LogP contribution in [0.5, 0.6) is 0 Å². The van der Waals surface area contributed by atoms with Crippen LogP contribution >= 0.6 is 0 Å². The molecule has 6 nitrogen and oxygen atoms in total. The molecule has 0 N–H and O–H groups in total. The quantitative estimate of drug-likeness (QED) is 0.0262. The van der Waals surface area contributed by atoms with Crippen LogP contribution in [0, 0.1) is 0 Å². The first-order valence-corrected chi connectivity index (χ1v) is 28.8. The summed E-state index contributed by atoms with van der Waals surface area (Å²) in [4.78, 5) is 38.1. The van der Waals surface area contributed by atoms with Crippen molar-refractivity contribution in [2.24, 2.45) is 0 Å². The van der Waals surface area contributed by atoms with Crippen molar-refractivity contribution >= 4 is 17.9 Å². The smallest absolute Gasteiger partial charge is 0.306 e. The minimum Gasteiger partial charge on any atom is -0.462 e. The number of hydrogen-bond acceptors (Lipinski definition) is 6. The minimum atomic E-state index is -0.773. The zero-order chi connectivity index (χ0) is 47.2. The van der Waals surface area contributed by atoms with Crippen LogP contribution in [0.25, 0.3) is 0 Å². The summed E-state index contributed by atoms with van der Waals surface area (Å²) >= 11 is 0. The van der Waals surface area contributed by atoms with E-state index in [4.69, 9.17) is 14.2 Å². The maximum atomic E-state index is 12.8. The SMILES string of the molecule is CCCCC/C=C/C/C=C/CCCCCCCC(=O)O[C@H](COC(=O)CCCCCCCCCCCCCCC)COC(=O)CCCCCCCCCCCCCCCCCCCCC. The highest BCUT2D eigenvalue weighted by Gasteiger charge is 2.19. The van der Waals surface area contributed by atoms with Crippen LogP contribution in [0.4, 0.5) is 0 Å². The average molecular weight is 916 g/mol. The summed E-state index contributed by atoms with van der Waals surface area (Å²) in [6.07, 6.45) is 63.1. The van der Waals surface area contributed by atoms with Crippen molar-refractivity contribution in [2.45, 2.75) is 322 Å². The molecule has 0 unspecified atom stereocenters. The third-order valence-corrected chi connectivity index (χ3v) is 13.0. The molecule has 0 fully saturated rings. The van der Waals surface area contributed by atoms with Gasteiger partial charge in [0.25, 0.3) is 0 Å². The van der Waals surface area contributed by atoms with Crippen LogP contribution in [0.2, 0.25) is 0 Å². The molecule has 0 saturated carbocycles. The van der Waals surface area contributed by atoms with Gasteiger partial charge in [0.2, 0.25) is 0 Å². The van der Waals surface area contributed by atoms with Crippen LogP contribution in [-0.4, -0.2) is 37.2 Å². The van der Waals surface area contributed by atoms with Crippen LogP contribution in [-0.2, 0) is 28.6 Å². The molecule has 0 aliphatic carbocycles. The van der Waals surface area contributed by atoms with Gasteiger partial charge in [0.1, 0.15) is 13.2 Å². The zero-order valence-electron chi connectivity index (χ0n) is 43.8. The van der Waals surface area contributed by atoms with Crippen LogP contribution in [0.3, 0.4) is 0 Å². The minimum absolute atomic E-state index is 0.0715. The highest BCUT2D eigenvalue weighted by molar-refractivity contribution is 5.71. The van der Waals surface area contributed by atoms with Gasteiger partial charge in [-0.25, -0.2) is 0 Å². The fourth-order valence-corrected chi connectivity index (χ4v) is 8.59. The van der Waals surface area contributed by atoms with Gasteiger partial charge in [-0.3, -0.25) is 14.4 Å². The lowest BCUT2D eigenvalue weighted by Crippen LogP contribution is -2.30. The number of carbonyl (C=O) groups excluding carboxylic acids is 3. The molecule has 0 aliphatic rings. The Labute approximate surface area is 404 Å². The molecule has 0 aliphatic heterocycles. The Kier molecular flexibility index (Phi) is 52.7. The van der Waals surface area contributed by atoms with Crippen molar-refractivity contribution in [1.29, 1.82) is 0 Å². The molecule has 0 bridgehead atoms. The van der Waals surface area contributed by atoms with Gasteiger partial charge in [0.05, 0.1) is 0 Å². The lowest BCUT2D eigenvalue weighted by atomic mass is 10.0. The predicted octanol–water partition coefficient (Wildman–Crippen LogP) is 19.1.